The van der Waals surface area contributed by atoms with E-state index in [0.717, 1.165) is 12.0 Å². The quantitative estimate of drug-likeness (QED) is 0.237. The Bertz CT molecular complexity index is 977. The van der Waals surface area contributed by atoms with E-state index >= 15 is 0 Å². The summed E-state index contributed by atoms with van der Waals surface area (Å²) in [5.74, 6) is -1.73. The summed E-state index contributed by atoms with van der Waals surface area (Å²) in [5, 5.41) is 0. The van der Waals surface area contributed by atoms with Crippen molar-refractivity contribution >= 4 is 0 Å². The summed E-state index contributed by atoms with van der Waals surface area (Å²) in [7, 11) is 0. The second-order valence-corrected chi connectivity index (χ2v) is 8.70. The van der Waals surface area contributed by atoms with Crippen molar-refractivity contribution in [3.63, 3.8) is 0 Å². The maximum Gasteiger partial charge on any atom is 0.200 e. The van der Waals surface area contributed by atoms with Crippen LogP contribution >= 0.6 is 0 Å². The summed E-state index contributed by atoms with van der Waals surface area (Å²) in [5.41, 5.74) is 5.25. The van der Waals surface area contributed by atoms with E-state index in [1.54, 1.807) is 13.0 Å². The predicted molar refractivity (Wildman–Crippen MR) is 134 cm³/mol. The van der Waals surface area contributed by atoms with Gasteiger partial charge in [0.15, 0.2) is 11.6 Å². The topological polar surface area (TPSA) is 9.23 Å². The van der Waals surface area contributed by atoms with Gasteiger partial charge in [0.05, 0.1) is 6.61 Å². The van der Waals surface area contributed by atoms with Crippen molar-refractivity contribution in [2.24, 2.45) is 0 Å². The fourth-order valence-electron chi connectivity index (χ4n) is 4.15. The Morgan fingerprint density at radius 1 is 0.576 bits per heavy atom. The third-order valence-electron chi connectivity index (χ3n) is 6.17. The molecule has 176 valence electrons. The molecule has 0 radical (unpaired) electrons. The molecule has 0 aliphatic carbocycles. The number of halogens is 2. The maximum atomic E-state index is 14.3. The fraction of sp³-hybridized carbons (Fsp3) is 0.400. The highest BCUT2D eigenvalue weighted by molar-refractivity contribution is 5.64. The minimum atomic E-state index is -0.898. The van der Waals surface area contributed by atoms with Gasteiger partial charge in [0, 0.05) is 0 Å². The van der Waals surface area contributed by atoms with Crippen molar-refractivity contribution in [1.29, 1.82) is 0 Å². The summed E-state index contributed by atoms with van der Waals surface area (Å²) >= 11 is 0. The molecular weight excluding hydrogens is 414 g/mol. The first-order valence-corrected chi connectivity index (χ1v) is 12.4. The zero-order valence-electron chi connectivity index (χ0n) is 20.0. The van der Waals surface area contributed by atoms with E-state index < -0.39 is 11.6 Å². The van der Waals surface area contributed by atoms with Crippen LogP contribution in [0.25, 0.3) is 11.1 Å². The van der Waals surface area contributed by atoms with Gasteiger partial charge in [-0.05, 0) is 66.5 Å². The maximum absolute atomic E-state index is 14.3. The molecule has 0 aliphatic heterocycles. The van der Waals surface area contributed by atoms with Crippen molar-refractivity contribution in [1.82, 2.24) is 0 Å². The Morgan fingerprint density at radius 3 is 1.76 bits per heavy atom. The summed E-state index contributed by atoms with van der Waals surface area (Å²) in [6.45, 7) is 4.31. The van der Waals surface area contributed by atoms with Crippen LogP contribution in [0.2, 0.25) is 0 Å². The molecule has 33 heavy (non-hydrogen) atoms. The number of aryl methyl sites for hydroxylation is 3. The smallest absolute Gasteiger partial charge is 0.200 e. The molecule has 3 aromatic rings. The highest BCUT2D eigenvalue weighted by Gasteiger charge is 2.14. The molecule has 0 N–H and O–H groups in total. The first kappa shape index (κ1) is 25.0. The largest absolute Gasteiger partial charge is 0.491 e. The molecule has 0 aromatic heterocycles. The van der Waals surface area contributed by atoms with Crippen molar-refractivity contribution < 1.29 is 13.5 Å². The standard InChI is InChI=1S/C30H36F2O/c1-3-5-6-7-8-9-10-23-11-16-25(17-12-23)26-18-13-24(14-19-26)15-20-27-21-22-28(33-4-2)30(32)29(27)31/h11-14,16-19,21-22H,3-10,15,20H2,1-2H3. The fourth-order valence-corrected chi connectivity index (χ4v) is 4.15. The Labute approximate surface area is 197 Å². The van der Waals surface area contributed by atoms with Gasteiger partial charge in [0.25, 0.3) is 0 Å². The lowest BCUT2D eigenvalue weighted by atomic mass is 9.98. The van der Waals surface area contributed by atoms with E-state index in [9.17, 15) is 8.78 Å². The van der Waals surface area contributed by atoms with Gasteiger partial charge in [-0.1, -0.05) is 93.6 Å². The Kier molecular flexibility index (Phi) is 9.93. The third-order valence-corrected chi connectivity index (χ3v) is 6.17. The molecule has 0 fully saturated rings. The number of hydrogen-bond donors (Lipinski definition) is 0. The zero-order valence-corrected chi connectivity index (χ0v) is 20.0. The normalized spacial score (nSPS) is 11.0. The second kappa shape index (κ2) is 13.1. The van der Waals surface area contributed by atoms with Gasteiger partial charge in [0.1, 0.15) is 0 Å². The summed E-state index contributed by atoms with van der Waals surface area (Å²) in [6, 6.07) is 20.3. The Balaban J connectivity index is 1.51. The molecule has 0 bridgehead atoms. The van der Waals surface area contributed by atoms with E-state index in [1.807, 2.05) is 0 Å². The highest BCUT2D eigenvalue weighted by atomic mass is 19.2. The van der Waals surface area contributed by atoms with Crippen LogP contribution in [0, 0.1) is 11.6 Å². The molecular formula is C30H36F2O. The third kappa shape index (κ3) is 7.42. The van der Waals surface area contributed by atoms with Crippen LogP contribution in [-0.4, -0.2) is 6.61 Å². The van der Waals surface area contributed by atoms with Crippen molar-refractivity contribution in [3.05, 3.63) is 89.0 Å². The number of benzene rings is 3. The Hall–Kier alpha value is -2.68. The average molecular weight is 451 g/mol. The number of unbranched alkanes of at least 4 members (excludes halogenated alkanes) is 5. The molecule has 0 heterocycles. The van der Waals surface area contributed by atoms with Gasteiger partial charge < -0.3 is 4.74 Å². The van der Waals surface area contributed by atoms with E-state index in [4.69, 9.17) is 4.74 Å². The van der Waals surface area contributed by atoms with Gasteiger partial charge in [-0.15, -0.1) is 0 Å². The average Bonchev–Trinajstić information content (AvgIpc) is 2.85. The number of hydrogen-bond acceptors (Lipinski definition) is 1. The van der Waals surface area contributed by atoms with Crippen LogP contribution in [-0.2, 0) is 19.3 Å². The zero-order chi connectivity index (χ0) is 23.5. The predicted octanol–water partition coefficient (Wildman–Crippen LogP) is 8.72. The van der Waals surface area contributed by atoms with Gasteiger partial charge in [-0.3, -0.25) is 0 Å². The van der Waals surface area contributed by atoms with Crippen LogP contribution in [0.4, 0.5) is 8.78 Å². The van der Waals surface area contributed by atoms with Gasteiger partial charge in [-0.2, -0.15) is 4.39 Å². The summed E-state index contributed by atoms with van der Waals surface area (Å²) in [4.78, 5) is 0. The molecule has 0 saturated carbocycles. The number of ether oxygens (including phenoxy) is 1. The van der Waals surface area contributed by atoms with Crippen LogP contribution in [0.5, 0.6) is 5.75 Å². The molecule has 1 nitrogen and oxygen atoms in total. The Morgan fingerprint density at radius 2 is 1.15 bits per heavy atom. The molecule has 3 aromatic carbocycles. The molecule has 3 heteroatoms. The lowest BCUT2D eigenvalue weighted by molar-refractivity contribution is 0.313. The molecule has 0 saturated heterocycles. The minimum absolute atomic E-state index is 0.0268. The molecule has 0 atom stereocenters. The van der Waals surface area contributed by atoms with Crippen LogP contribution in [0.1, 0.15) is 69.1 Å². The molecule has 0 amide bonds. The monoisotopic (exact) mass is 450 g/mol. The molecule has 0 unspecified atom stereocenters. The van der Waals surface area contributed by atoms with E-state index in [2.05, 4.69) is 55.5 Å². The lowest BCUT2D eigenvalue weighted by Gasteiger charge is -2.10. The molecule has 3 rings (SSSR count). The van der Waals surface area contributed by atoms with Crippen molar-refractivity contribution in [2.45, 2.75) is 71.6 Å². The number of rotatable bonds is 13. The first-order valence-electron chi connectivity index (χ1n) is 12.4. The van der Waals surface area contributed by atoms with Gasteiger partial charge >= 0.3 is 0 Å². The lowest BCUT2D eigenvalue weighted by Crippen LogP contribution is -2.02. The van der Waals surface area contributed by atoms with Gasteiger partial charge in [0.2, 0.25) is 5.82 Å². The molecule has 0 spiro atoms. The minimum Gasteiger partial charge on any atom is -0.491 e. The van der Waals surface area contributed by atoms with E-state index in [1.165, 1.54) is 61.3 Å². The van der Waals surface area contributed by atoms with Crippen LogP contribution in [0.15, 0.2) is 60.7 Å². The van der Waals surface area contributed by atoms with Crippen molar-refractivity contribution in [2.75, 3.05) is 6.61 Å². The summed E-state index contributed by atoms with van der Waals surface area (Å²) in [6.07, 6.45) is 10.2. The van der Waals surface area contributed by atoms with Crippen molar-refractivity contribution in [3.8, 4) is 16.9 Å². The van der Waals surface area contributed by atoms with E-state index in [-0.39, 0.29) is 5.75 Å². The van der Waals surface area contributed by atoms with Gasteiger partial charge in [-0.25, -0.2) is 4.39 Å². The van der Waals surface area contributed by atoms with E-state index in [0.29, 0.717) is 25.0 Å². The summed E-state index contributed by atoms with van der Waals surface area (Å²) < 4.78 is 33.5. The SMILES string of the molecule is CCCCCCCCc1ccc(-c2ccc(CCc3ccc(OCC)c(F)c3F)cc2)cc1. The highest BCUT2D eigenvalue weighted by Crippen LogP contribution is 2.25. The second-order valence-electron chi connectivity index (χ2n) is 8.70. The molecule has 0 aliphatic rings. The van der Waals surface area contributed by atoms with Crippen LogP contribution < -0.4 is 4.74 Å². The first-order chi connectivity index (χ1) is 16.1. The van der Waals surface area contributed by atoms with Crippen LogP contribution in [0.3, 0.4) is 0 Å².